The van der Waals surface area contributed by atoms with E-state index in [9.17, 15) is 10.1 Å². The summed E-state index contributed by atoms with van der Waals surface area (Å²) < 4.78 is 0. The Labute approximate surface area is 141 Å². The lowest BCUT2D eigenvalue weighted by molar-refractivity contribution is -0.120. The van der Waals surface area contributed by atoms with Gasteiger partial charge in [-0.1, -0.05) is 30.3 Å². The van der Waals surface area contributed by atoms with Crippen LogP contribution < -0.4 is 10.2 Å². The van der Waals surface area contributed by atoms with E-state index >= 15 is 0 Å². The number of fused-ring (bicyclic) bond motifs is 1. The summed E-state index contributed by atoms with van der Waals surface area (Å²) in [5, 5.41) is 12.7. The van der Waals surface area contributed by atoms with Gasteiger partial charge in [-0.05, 0) is 54.6 Å². The second-order valence-corrected chi connectivity index (χ2v) is 6.35. The third kappa shape index (κ3) is 2.38. The molecule has 0 aliphatic carbocycles. The Balaban J connectivity index is 1.74. The van der Waals surface area contributed by atoms with E-state index in [0.717, 1.165) is 49.2 Å². The van der Waals surface area contributed by atoms with Crippen molar-refractivity contribution in [2.24, 2.45) is 0 Å². The molecule has 2 aliphatic rings. The second-order valence-electron chi connectivity index (χ2n) is 6.35. The molecule has 0 spiro atoms. The molecular weight excluding hydrogens is 298 g/mol. The maximum Gasteiger partial charge on any atom is 0.244 e. The summed E-state index contributed by atoms with van der Waals surface area (Å²) in [7, 11) is 0. The van der Waals surface area contributed by atoms with Gasteiger partial charge in [-0.2, -0.15) is 5.26 Å². The van der Waals surface area contributed by atoms with Crippen molar-refractivity contribution >= 4 is 11.6 Å². The molecule has 2 aromatic carbocycles. The van der Waals surface area contributed by atoms with Gasteiger partial charge in [-0.15, -0.1) is 0 Å². The zero-order valence-electron chi connectivity index (χ0n) is 13.5. The molecule has 1 saturated heterocycles. The Kier molecular flexibility index (Phi) is 3.79. The highest BCUT2D eigenvalue weighted by Crippen LogP contribution is 2.37. The number of amides is 1. The number of hydrogen-bond donors (Lipinski definition) is 1. The minimum absolute atomic E-state index is 0.0500. The van der Waals surface area contributed by atoms with Gasteiger partial charge >= 0.3 is 0 Å². The standard InChI is InChI=1S/C20H19N3O/c21-13-14-5-1-2-6-15(14)16-7-3-9-19-17(16)10-12-23(19)20(24)18-8-4-11-22-18/h1-3,5-7,9,18,22H,4,8,10-12H2/t18-/m0/s1. The zero-order valence-corrected chi connectivity index (χ0v) is 13.5. The molecule has 2 aromatic rings. The maximum atomic E-state index is 12.8. The summed E-state index contributed by atoms with van der Waals surface area (Å²) in [6.07, 6.45) is 2.82. The SMILES string of the molecule is N#Cc1ccccc1-c1cccc2c1CCN2C(=O)[C@@H]1CCCN1. The molecule has 0 radical (unpaired) electrons. The largest absolute Gasteiger partial charge is 0.310 e. The summed E-state index contributed by atoms with van der Waals surface area (Å²) in [6.45, 7) is 1.64. The number of carbonyl (C=O) groups excluding carboxylic acids is 1. The molecule has 120 valence electrons. The van der Waals surface area contributed by atoms with Crippen molar-refractivity contribution in [3.8, 4) is 17.2 Å². The van der Waals surface area contributed by atoms with Gasteiger partial charge in [0.2, 0.25) is 5.91 Å². The van der Waals surface area contributed by atoms with Crippen LogP contribution in [-0.4, -0.2) is 25.0 Å². The molecule has 1 fully saturated rings. The Morgan fingerprint density at radius 1 is 1.17 bits per heavy atom. The normalized spacial score (nSPS) is 19.1. The number of anilines is 1. The van der Waals surface area contributed by atoms with Crippen molar-refractivity contribution < 1.29 is 4.79 Å². The van der Waals surface area contributed by atoms with Gasteiger partial charge < -0.3 is 10.2 Å². The van der Waals surface area contributed by atoms with E-state index in [1.54, 1.807) is 0 Å². The summed E-state index contributed by atoms with van der Waals surface area (Å²) in [6, 6.07) is 15.9. The lowest BCUT2D eigenvalue weighted by Gasteiger charge is -2.21. The van der Waals surface area contributed by atoms with Gasteiger partial charge in [0.1, 0.15) is 0 Å². The fourth-order valence-corrected chi connectivity index (χ4v) is 3.81. The van der Waals surface area contributed by atoms with Crippen LogP contribution in [-0.2, 0) is 11.2 Å². The van der Waals surface area contributed by atoms with Crippen LogP contribution in [0.4, 0.5) is 5.69 Å². The fraction of sp³-hybridized carbons (Fsp3) is 0.300. The molecule has 24 heavy (non-hydrogen) atoms. The van der Waals surface area contributed by atoms with E-state index < -0.39 is 0 Å². The molecule has 2 heterocycles. The van der Waals surface area contributed by atoms with Crippen LogP contribution in [0.3, 0.4) is 0 Å². The smallest absolute Gasteiger partial charge is 0.244 e. The third-order valence-electron chi connectivity index (χ3n) is 4.99. The number of benzene rings is 2. The van der Waals surface area contributed by atoms with Gasteiger partial charge in [0.25, 0.3) is 0 Å². The predicted molar refractivity (Wildman–Crippen MR) is 93.7 cm³/mol. The number of nitrogens with one attached hydrogen (secondary N) is 1. The Morgan fingerprint density at radius 3 is 2.79 bits per heavy atom. The van der Waals surface area contributed by atoms with Crippen LogP contribution in [0.2, 0.25) is 0 Å². The van der Waals surface area contributed by atoms with Crippen LogP contribution >= 0.6 is 0 Å². The predicted octanol–water partition coefficient (Wildman–Crippen LogP) is 2.87. The molecule has 1 amide bonds. The van der Waals surface area contributed by atoms with Gasteiger partial charge in [0.05, 0.1) is 17.7 Å². The number of nitriles is 1. The van der Waals surface area contributed by atoms with Gasteiger partial charge in [-0.3, -0.25) is 4.79 Å². The lowest BCUT2D eigenvalue weighted by atomic mass is 9.94. The third-order valence-corrected chi connectivity index (χ3v) is 4.99. The van der Waals surface area contributed by atoms with E-state index in [4.69, 9.17) is 0 Å². The number of nitrogens with zero attached hydrogens (tertiary/aromatic N) is 2. The number of hydrogen-bond acceptors (Lipinski definition) is 3. The molecule has 2 aliphatic heterocycles. The molecular formula is C20H19N3O. The van der Waals surface area contributed by atoms with Crippen LogP contribution in [0.15, 0.2) is 42.5 Å². The molecule has 0 aromatic heterocycles. The first-order chi connectivity index (χ1) is 11.8. The van der Waals surface area contributed by atoms with Gasteiger partial charge in [0, 0.05) is 12.2 Å². The van der Waals surface area contributed by atoms with E-state index in [1.165, 1.54) is 5.56 Å². The lowest BCUT2D eigenvalue weighted by Crippen LogP contribution is -2.42. The first-order valence-corrected chi connectivity index (χ1v) is 8.46. The first kappa shape index (κ1) is 14.9. The quantitative estimate of drug-likeness (QED) is 0.926. The molecule has 4 rings (SSSR count). The van der Waals surface area contributed by atoms with E-state index in [0.29, 0.717) is 5.56 Å². The minimum Gasteiger partial charge on any atom is -0.310 e. The Hall–Kier alpha value is -2.64. The molecule has 0 bridgehead atoms. The Bertz CT molecular complexity index is 831. The van der Waals surface area contributed by atoms with E-state index in [-0.39, 0.29) is 11.9 Å². The first-order valence-electron chi connectivity index (χ1n) is 8.46. The van der Waals surface area contributed by atoms with Crippen LogP contribution in [0, 0.1) is 11.3 Å². The number of carbonyl (C=O) groups is 1. The van der Waals surface area contributed by atoms with Crippen LogP contribution in [0.25, 0.3) is 11.1 Å². The van der Waals surface area contributed by atoms with Crippen molar-refractivity contribution in [3.63, 3.8) is 0 Å². The monoisotopic (exact) mass is 317 g/mol. The van der Waals surface area contributed by atoms with Crippen molar-refractivity contribution in [1.82, 2.24) is 5.32 Å². The van der Waals surface area contributed by atoms with Gasteiger partial charge in [0.15, 0.2) is 0 Å². The van der Waals surface area contributed by atoms with Crippen LogP contribution in [0.1, 0.15) is 24.0 Å². The molecule has 0 unspecified atom stereocenters. The molecule has 1 N–H and O–H groups in total. The minimum atomic E-state index is -0.0500. The molecule has 1 atom stereocenters. The highest BCUT2D eigenvalue weighted by atomic mass is 16.2. The summed E-state index contributed by atoms with van der Waals surface area (Å²) in [5.74, 6) is 0.178. The van der Waals surface area contributed by atoms with Crippen LogP contribution in [0.5, 0.6) is 0 Å². The Morgan fingerprint density at radius 2 is 2.00 bits per heavy atom. The highest BCUT2D eigenvalue weighted by Gasteiger charge is 2.32. The van der Waals surface area contributed by atoms with Crippen molar-refractivity contribution in [2.75, 3.05) is 18.0 Å². The summed E-state index contributed by atoms with van der Waals surface area (Å²) in [4.78, 5) is 14.7. The van der Waals surface area contributed by atoms with Crippen molar-refractivity contribution in [3.05, 3.63) is 53.6 Å². The average molecular weight is 317 g/mol. The molecule has 4 heteroatoms. The average Bonchev–Trinajstić information content (AvgIpc) is 3.30. The van der Waals surface area contributed by atoms with Crippen molar-refractivity contribution in [1.29, 1.82) is 5.26 Å². The zero-order chi connectivity index (χ0) is 16.5. The summed E-state index contributed by atoms with van der Waals surface area (Å²) in [5.41, 5.74) is 4.86. The fourth-order valence-electron chi connectivity index (χ4n) is 3.81. The summed E-state index contributed by atoms with van der Waals surface area (Å²) >= 11 is 0. The second kappa shape index (κ2) is 6.10. The maximum absolute atomic E-state index is 12.8. The number of rotatable bonds is 2. The molecule has 0 saturated carbocycles. The van der Waals surface area contributed by atoms with E-state index in [2.05, 4.69) is 17.5 Å². The van der Waals surface area contributed by atoms with E-state index in [1.807, 2.05) is 41.3 Å². The molecule has 4 nitrogen and oxygen atoms in total. The highest BCUT2D eigenvalue weighted by molar-refractivity contribution is 6.00. The van der Waals surface area contributed by atoms with Crippen molar-refractivity contribution in [2.45, 2.75) is 25.3 Å². The topological polar surface area (TPSA) is 56.1 Å². The van der Waals surface area contributed by atoms with Gasteiger partial charge in [-0.25, -0.2) is 0 Å².